The van der Waals surface area contributed by atoms with Crippen LogP contribution in [0.5, 0.6) is 0 Å². The third kappa shape index (κ3) is 3.28. The molecule has 0 saturated carbocycles. The van der Waals surface area contributed by atoms with Crippen LogP contribution in [0.25, 0.3) is 5.57 Å². The van der Waals surface area contributed by atoms with Crippen molar-refractivity contribution in [2.45, 2.75) is 26.2 Å². The second-order valence-electron chi connectivity index (χ2n) is 7.17. The van der Waals surface area contributed by atoms with E-state index < -0.39 is 0 Å². The topological polar surface area (TPSA) is 0 Å². The number of hydrogen-bond acceptors (Lipinski definition) is 0. The Morgan fingerprint density at radius 3 is 1.88 bits per heavy atom. The quantitative estimate of drug-likeness (QED) is 0.489. The zero-order chi connectivity index (χ0) is 17.9. The van der Waals surface area contributed by atoms with E-state index in [1.54, 1.807) is 0 Å². The third-order valence-corrected chi connectivity index (χ3v) is 5.15. The van der Waals surface area contributed by atoms with E-state index in [1.165, 1.54) is 39.0 Å². The van der Waals surface area contributed by atoms with Crippen molar-refractivity contribution >= 4 is 5.57 Å². The fraction of sp³-hybridized carbons (Fsp3) is 0.154. The molecule has 0 saturated heterocycles. The van der Waals surface area contributed by atoms with E-state index in [-0.39, 0.29) is 0 Å². The van der Waals surface area contributed by atoms with Gasteiger partial charge in [-0.3, -0.25) is 0 Å². The Balaban J connectivity index is 1.91. The first-order chi connectivity index (χ1) is 12.7. The molecule has 0 atom stereocenters. The number of benzene rings is 3. The van der Waals surface area contributed by atoms with Gasteiger partial charge < -0.3 is 0 Å². The maximum Gasteiger partial charge on any atom is 0.0311 e. The van der Waals surface area contributed by atoms with Crippen molar-refractivity contribution in [1.29, 1.82) is 0 Å². The SMILES string of the molecule is Cc1cccc(C(C2=C(c3ccccc3)C=CC2)c2cccc(C)c2)c1. The summed E-state index contributed by atoms with van der Waals surface area (Å²) in [6, 6.07) is 28.7. The van der Waals surface area contributed by atoms with Gasteiger partial charge in [-0.15, -0.1) is 0 Å². The first-order valence-electron chi connectivity index (χ1n) is 9.30. The first-order valence-corrected chi connectivity index (χ1v) is 9.30. The second-order valence-corrected chi connectivity index (χ2v) is 7.17. The standard InChI is InChI=1S/C26H24/c1-19-9-6-13-22(17-19)26(23-14-7-10-20(2)18-23)25-16-8-15-24(25)21-11-4-3-5-12-21/h3-15,17-18,26H,16H2,1-2H3. The van der Waals surface area contributed by atoms with Crippen LogP contribution in [0, 0.1) is 13.8 Å². The Hall–Kier alpha value is -2.86. The highest BCUT2D eigenvalue weighted by atomic mass is 14.3. The van der Waals surface area contributed by atoms with Crippen LogP contribution in [0.15, 0.2) is 96.6 Å². The van der Waals surface area contributed by atoms with Gasteiger partial charge in [-0.2, -0.15) is 0 Å². The first kappa shape index (κ1) is 16.6. The lowest BCUT2D eigenvalue weighted by Crippen LogP contribution is -2.06. The van der Waals surface area contributed by atoms with Gasteiger partial charge in [0.05, 0.1) is 0 Å². The highest BCUT2D eigenvalue weighted by Gasteiger charge is 2.24. The molecule has 0 spiro atoms. The summed E-state index contributed by atoms with van der Waals surface area (Å²) in [5, 5.41) is 0. The fourth-order valence-electron chi connectivity index (χ4n) is 3.99. The molecule has 0 N–H and O–H groups in total. The highest BCUT2D eigenvalue weighted by molar-refractivity contribution is 5.81. The van der Waals surface area contributed by atoms with Gasteiger partial charge in [0.25, 0.3) is 0 Å². The molecule has 1 aliphatic rings. The van der Waals surface area contributed by atoms with Crippen molar-refractivity contribution in [3.8, 4) is 0 Å². The minimum absolute atomic E-state index is 0.292. The van der Waals surface area contributed by atoms with E-state index in [9.17, 15) is 0 Å². The molecular formula is C26H24. The molecule has 0 amide bonds. The zero-order valence-electron chi connectivity index (χ0n) is 15.4. The van der Waals surface area contributed by atoms with Crippen LogP contribution < -0.4 is 0 Å². The second kappa shape index (κ2) is 7.17. The van der Waals surface area contributed by atoms with Gasteiger partial charge in [-0.1, -0.05) is 102 Å². The molecule has 0 nitrogen and oxygen atoms in total. The summed E-state index contributed by atoms with van der Waals surface area (Å²) in [6.07, 6.45) is 5.61. The summed E-state index contributed by atoms with van der Waals surface area (Å²) in [4.78, 5) is 0. The smallest absolute Gasteiger partial charge is 0.0311 e. The number of rotatable bonds is 4. The van der Waals surface area contributed by atoms with Crippen LogP contribution in [-0.4, -0.2) is 0 Å². The van der Waals surface area contributed by atoms with Crippen LogP contribution >= 0.6 is 0 Å². The minimum Gasteiger partial charge on any atom is -0.0798 e. The van der Waals surface area contributed by atoms with Gasteiger partial charge in [0.1, 0.15) is 0 Å². The van der Waals surface area contributed by atoms with Gasteiger partial charge in [-0.05, 0) is 48.1 Å². The van der Waals surface area contributed by atoms with Crippen LogP contribution in [0.1, 0.15) is 40.2 Å². The zero-order valence-corrected chi connectivity index (χ0v) is 15.4. The summed E-state index contributed by atoms with van der Waals surface area (Å²) >= 11 is 0. The molecule has 4 rings (SSSR count). The third-order valence-electron chi connectivity index (χ3n) is 5.15. The van der Waals surface area contributed by atoms with E-state index >= 15 is 0 Å². The van der Waals surface area contributed by atoms with Crippen molar-refractivity contribution < 1.29 is 0 Å². The van der Waals surface area contributed by atoms with Crippen LogP contribution in [0.3, 0.4) is 0 Å². The Labute approximate surface area is 156 Å². The molecule has 3 aromatic carbocycles. The highest BCUT2D eigenvalue weighted by Crippen LogP contribution is 2.42. The fourth-order valence-corrected chi connectivity index (χ4v) is 3.99. The van der Waals surface area contributed by atoms with Gasteiger partial charge >= 0.3 is 0 Å². The van der Waals surface area contributed by atoms with Crippen LogP contribution in [0.2, 0.25) is 0 Å². The summed E-state index contributed by atoms with van der Waals surface area (Å²) in [7, 11) is 0. The van der Waals surface area contributed by atoms with Crippen molar-refractivity contribution in [3.63, 3.8) is 0 Å². The predicted octanol–water partition coefficient (Wildman–Crippen LogP) is 6.85. The van der Waals surface area contributed by atoms with Gasteiger partial charge in [0, 0.05) is 5.92 Å². The minimum atomic E-state index is 0.292. The number of aryl methyl sites for hydroxylation is 2. The Kier molecular flexibility index (Phi) is 4.58. The molecular weight excluding hydrogens is 312 g/mol. The van der Waals surface area contributed by atoms with Gasteiger partial charge in [-0.25, -0.2) is 0 Å². The molecule has 1 aliphatic carbocycles. The lowest BCUT2D eigenvalue weighted by molar-refractivity contribution is 0.918. The van der Waals surface area contributed by atoms with E-state index in [1.807, 2.05) is 0 Å². The van der Waals surface area contributed by atoms with E-state index in [0.717, 1.165) is 6.42 Å². The number of hydrogen-bond donors (Lipinski definition) is 0. The molecule has 0 heteroatoms. The van der Waals surface area contributed by atoms with E-state index in [2.05, 4.69) is 105 Å². The van der Waals surface area contributed by atoms with Gasteiger partial charge in [0.15, 0.2) is 0 Å². The van der Waals surface area contributed by atoms with E-state index in [4.69, 9.17) is 0 Å². The lowest BCUT2D eigenvalue weighted by Gasteiger charge is -2.23. The summed E-state index contributed by atoms with van der Waals surface area (Å²) in [5.41, 5.74) is 9.55. The molecule has 0 unspecified atom stereocenters. The normalized spacial score (nSPS) is 13.7. The molecule has 128 valence electrons. The molecule has 0 bridgehead atoms. The summed E-state index contributed by atoms with van der Waals surface area (Å²) in [5.74, 6) is 0.292. The van der Waals surface area contributed by atoms with Crippen LogP contribution in [0.4, 0.5) is 0 Å². The van der Waals surface area contributed by atoms with Crippen LogP contribution in [-0.2, 0) is 0 Å². The molecule has 26 heavy (non-hydrogen) atoms. The lowest BCUT2D eigenvalue weighted by atomic mass is 9.81. The summed E-state index contributed by atoms with van der Waals surface area (Å²) in [6.45, 7) is 4.35. The maximum atomic E-state index is 2.33. The average molecular weight is 336 g/mol. The molecule has 0 radical (unpaired) electrons. The Bertz CT molecular complexity index is 928. The Morgan fingerprint density at radius 1 is 0.692 bits per heavy atom. The van der Waals surface area contributed by atoms with E-state index in [0.29, 0.717) is 5.92 Å². The molecule has 0 aliphatic heterocycles. The summed E-state index contributed by atoms with van der Waals surface area (Å²) < 4.78 is 0. The molecule has 0 fully saturated rings. The largest absolute Gasteiger partial charge is 0.0798 e. The Morgan fingerprint density at radius 2 is 1.31 bits per heavy atom. The predicted molar refractivity (Wildman–Crippen MR) is 111 cm³/mol. The molecule has 0 heterocycles. The molecule has 0 aromatic heterocycles. The number of allylic oxidation sites excluding steroid dienone is 4. The maximum absolute atomic E-state index is 2.33. The molecule has 3 aromatic rings. The van der Waals surface area contributed by atoms with Crippen molar-refractivity contribution in [3.05, 3.63) is 124 Å². The average Bonchev–Trinajstić information content (AvgIpc) is 3.12. The van der Waals surface area contributed by atoms with Crippen molar-refractivity contribution in [2.75, 3.05) is 0 Å². The monoisotopic (exact) mass is 336 g/mol. The van der Waals surface area contributed by atoms with Crippen molar-refractivity contribution in [2.24, 2.45) is 0 Å². The van der Waals surface area contributed by atoms with Crippen molar-refractivity contribution in [1.82, 2.24) is 0 Å². The van der Waals surface area contributed by atoms with Gasteiger partial charge in [0.2, 0.25) is 0 Å².